The molecule has 1 aliphatic carbocycles. The lowest BCUT2D eigenvalue weighted by Gasteiger charge is -2.26. The molecule has 6 heteroatoms. The molecule has 1 aliphatic rings. The number of thiocarbonyl (C=S) groups is 1. The van der Waals surface area contributed by atoms with Crippen LogP contribution in [0.25, 0.3) is 0 Å². The fraction of sp³-hybridized carbons (Fsp3) is 0.308. The van der Waals surface area contributed by atoms with Crippen molar-refractivity contribution in [1.29, 1.82) is 0 Å². The molecule has 0 fully saturated rings. The predicted octanol–water partition coefficient (Wildman–Crippen LogP) is 6.20. The molecule has 0 amide bonds. The Labute approximate surface area is 199 Å². The van der Waals surface area contributed by atoms with Crippen molar-refractivity contribution in [2.24, 2.45) is 0 Å². The van der Waals surface area contributed by atoms with Crippen molar-refractivity contribution in [1.82, 2.24) is 4.90 Å². The Morgan fingerprint density at radius 2 is 1.56 bits per heavy atom. The molecule has 1 aromatic heterocycles. The van der Waals surface area contributed by atoms with Gasteiger partial charge in [0.2, 0.25) is 0 Å². The zero-order valence-electron chi connectivity index (χ0n) is 18.3. The number of thiophene rings is 1. The minimum atomic E-state index is -0.285. The van der Waals surface area contributed by atoms with Crippen LogP contribution in [0, 0.1) is 0 Å². The lowest BCUT2D eigenvalue weighted by molar-refractivity contribution is 0.0601. The standard InChI is InChI=1S/C26H28N2O2S2/c1-30-25(29)23-21-15-9-4-10-16-22(21)32-24(23)27-26(31)28(17-19-11-5-2-6-12-19)18-20-13-7-3-8-14-20/h2-3,5-8,11-14H,4,9-10,15-18H2,1H3,(H,27,31). The maximum Gasteiger partial charge on any atom is 0.341 e. The van der Waals surface area contributed by atoms with E-state index in [1.54, 1.807) is 11.3 Å². The van der Waals surface area contributed by atoms with Crippen LogP contribution in [0.3, 0.4) is 0 Å². The summed E-state index contributed by atoms with van der Waals surface area (Å²) in [5, 5.41) is 4.83. The highest BCUT2D eigenvalue weighted by Gasteiger charge is 2.26. The predicted molar refractivity (Wildman–Crippen MR) is 135 cm³/mol. The van der Waals surface area contributed by atoms with Crippen molar-refractivity contribution in [2.45, 2.75) is 45.2 Å². The van der Waals surface area contributed by atoms with Gasteiger partial charge in [0.1, 0.15) is 5.00 Å². The molecule has 2 aromatic carbocycles. The third-order valence-electron chi connectivity index (χ3n) is 5.75. The second-order valence-electron chi connectivity index (χ2n) is 8.02. The van der Waals surface area contributed by atoms with Crippen LogP contribution >= 0.6 is 23.6 Å². The van der Waals surface area contributed by atoms with E-state index in [2.05, 4.69) is 34.5 Å². The summed E-state index contributed by atoms with van der Waals surface area (Å²) in [4.78, 5) is 16.1. The average Bonchev–Trinajstić information content (AvgIpc) is 2.99. The van der Waals surface area contributed by atoms with Gasteiger partial charge in [-0.3, -0.25) is 0 Å². The Morgan fingerprint density at radius 3 is 2.16 bits per heavy atom. The van der Waals surface area contributed by atoms with E-state index in [1.165, 1.54) is 29.5 Å². The molecule has 0 saturated carbocycles. The average molecular weight is 465 g/mol. The number of carbonyl (C=O) groups excluding carboxylic acids is 1. The molecule has 0 unspecified atom stereocenters. The topological polar surface area (TPSA) is 41.6 Å². The number of hydrogen-bond donors (Lipinski definition) is 1. The van der Waals surface area contributed by atoms with Crippen LogP contribution in [-0.4, -0.2) is 23.1 Å². The number of aryl methyl sites for hydroxylation is 1. The number of benzene rings is 2. The van der Waals surface area contributed by atoms with Crippen molar-refractivity contribution in [3.05, 3.63) is 87.8 Å². The highest BCUT2D eigenvalue weighted by atomic mass is 32.1. The van der Waals surface area contributed by atoms with Gasteiger partial charge in [-0.25, -0.2) is 4.79 Å². The van der Waals surface area contributed by atoms with E-state index in [9.17, 15) is 4.79 Å². The first-order valence-electron chi connectivity index (χ1n) is 11.0. The second kappa shape index (κ2) is 10.7. The van der Waals surface area contributed by atoms with E-state index >= 15 is 0 Å². The van der Waals surface area contributed by atoms with E-state index in [0.717, 1.165) is 36.2 Å². The van der Waals surface area contributed by atoms with Gasteiger partial charge >= 0.3 is 5.97 Å². The number of rotatable bonds is 6. The molecule has 0 spiro atoms. The summed E-state index contributed by atoms with van der Waals surface area (Å²) in [5.41, 5.74) is 4.17. The Kier molecular flexibility index (Phi) is 7.55. The molecule has 3 aromatic rings. The number of anilines is 1. The largest absolute Gasteiger partial charge is 0.465 e. The minimum absolute atomic E-state index is 0.285. The highest BCUT2D eigenvalue weighted by molar-refractivity contribution is 7.80. The normalized spacial score (nSPS) is 13.0. The van der Waals surface area contributed by atoms with Gasteiger partial charge in [-0.1, -0.05) is 67.1 Å². The Hall–Kier alpha value is -2.70. The number of fused-ring (bicyclic) bond motifs is 1. The van der Waals surface area contributed by atoms with Gasteiger partial charge in [-0.15, -0.1) is 11.3 Å². The SMILES string of the molecule is COC(=O)c1c(NC(=S)N(Cc2ccccc2)Cc2ccccc2)sc2c1CCCCC2. The van der Waals surface area contributed by atoms with Gasteiger partial charge in [-0.05, 0) is 54.6 Å². The van der Waals surface area contributed by atoms with Gasteiger partial charge in [0, 0.05) is 18.0 Å². The summed E-state index contributed by atoms with van der Waals surface area (Å²) in [6.07, 6.45) is 5.39. The fourth-order valence-corrected chi connectivity index (χ4v) is 5.70. The molecule has 0 saturated heterocycles. The van der Waals surface area contributed by atoms with Crippen LogP contribution in [0.5, 0.6) is 0 Å². The van der Waals surface area contributed by atoms with Gasteiger partial charge in [0.25, 0.3) is 0 Å². The summed E-state index contributed by atoms with van der Waals surface area (Å²) in [6.45, 7) is 1.36. The molecule has 4 nitrogen and oxygen atoms in total. The van der Waals surface area contributed by atoms with Crippen LogP contribution in [0.1, 0.15) is 51.2 Å². The first-order valence-corrected chi connectivity index (χ1v) is 12.2. The molecular weight excluding hydrogens is 436 g/mol. The van der Waals surface area contributed by atoms with Gasteiger partial charge in [0.15, 0.2) is 5.11 Å². The van der Waals surface area contributed by atoms with E-state index in [4.69, 9.17) is 17.0 Å². The summed E-state index contributed by atoms with van der Waals surface area (Å²) >= 11 is 7.53. The van der Waals surface area contributed by atoms with Gasteiger partial charge in [-0.2, -0.15) is 0 Å². The monoisotopic (exact) mass is 464 g/mol. The number of nitrogens with zero attached hydrogens (tertiary/aromatic N) is 1. The first-order chi connectivity index (χ1) is 15.7. The van der Waals surface area contributed by atoms with E-state index < -0.39 is 0 Å². The van der Waals surface area contributed by atoms with Gasteiger partial charge < -0.3 is 15.0 Å². The Bertz CT molecular complexity index is 1020. The highest BCUT2D eigenvalue weighted by Crippen LogP contribution is 2.38. The van der Waals surface area contributed by atoms with Crippen molar-refractivity contribution < 1.29 is 9.53 Å². The number of carbonyl (C=O) groups is 1. The molecule has 0 aliphatic heterocycles. The van der Waals surface area contributed by atoms with Crippen LogP contribution in [0.2, 0.25) is 0 Å². The summed E-state index contributed by atoms with van der Waals surface area (Å²) in [6, 6.07) is 20.6. The molecule has 166 valence electrons. The first kappa shape index (κ1) is 22.5. The Balaban J connectivity index is 1.62. The van der Waals surface area contributed by atoms with Gasteiger partial charge in [0.05, 0.1) is 12.7 Å². The minimum Gasteiger partial charge on any atom is -0.465 e. The van der Waals surface area contributed by atoms with E-state index in [-0.39, 0.29) is 5.97 Å². The number of hydrogen-bond acceptors (Lipinski definition) is 4. The molecular formula is C26H28N2O2S2. The lowest BCUT2D eigenvalue weighted by atomic mass is 10.1. The van der Waals surface area contributed by atoms with Crippen LogP contribution < -0.4 is 5.32 Å². The number of nitrogens with one attached hydrogen (secondary N) is 1. The number of ether oxygens (including phenoxy) is 1. The van der Waals surface area contributed by atoms with Crippen LogP contribution in [0.4, 0.5) is 5.00 Å². The number of methoxy groups -OCH3 is 1. The molecule has 0 bridgehead atoms. The van der Waals surface area contributed by atoms with Crippen LogP contribution in [-0.2, 0) is 30.7 Å². The van der Waals surface area contributed by atoms with E-state index in [1.807, 2.05) is 36.4 Å². The second-order valence-corrected chi connectivity index (χ2v) is 9.51. The molecule has 1 N–H and O–H groups in total. The van der Waals surface area contributed by atoms with Crippen molar-refractivity contribution in [3.8, 4) is 0 Å². The molecule has 4 rings (SSSR count). The molecule has 0 radical (unpaired) electrons. The zero-order valence-corrected chi connectivity index (χ0v) is 19.9. The molecule has 1 heterocycles. The summed E-state index contributed by atoms with van der Waals surface area (Å²) < 4.78 is 5.15. The maximum absolute atomic E-state index is 12.7. The molecule has 0 atom stereocenters. The van der Waals surface area contributed by atoms with Crippen molar-refractivity contribution >= 4 is 39.6 Å². The maximum atomic E-state index is 12.7. The fourth-order valence-electron chi connectivity index (χ4n) is 4.13. The Morgan fingerprint density at radius 1 is 0.969 bits per heavy atom. The molecule has 32 heavy (non-hydrogen) atoms. The van der Waals surface area contributed by atoms with Crippen molar-refractivity contribution in [2.75, 3.05) is 12.4 Å². The zero-order chi connectivity index (χ0) is 22.3. The lowest BCUT2D eigenvalue weighted by Crippen LogP contribution is -2.34. The van der Waals surface area contributed by atoms with E-state index in [0.29, 0.717) is 23.8 Å². The quantitative estimate of drug-likeness (QED) is 0.267. The van der Waals surface area contributed by atoms with Crippen LogP contribution in [0.15, 0.2) is 60.7 Å². The summed E-state index contributed by atoms with van der Waals surface area (Å²) in [7, 11) is 1.45. The third-order valence-corrected chi connectivity index (χ3v) is 7.32. The number of esters is 1. The third kappa shape index (κ3) is 5.37. The summed E-state index contributed by atoms with van der Waals surface area (Å²) in [5.74, 6) is -0.285. The van der Waals surface area contributed by atoms with Crippen molar-refractivity contribution in [3.63, 3.8) is 0 Å². The smallest absolute Gasteiger partial charge is 0.341 e.